The normalized spacial score (nSPS) is 10.3. The molecule has 0 radical (unpaired) electrons. The van der Waals surface area contributed by atoms with Gasteiger partial charge < -0.3 is 9.47 Å². The van der Waals surface area contributed by atoms with Crippen LogP contribution in [-0.2, 0) is 14.3 Å². The van der Waals surface area contributed by atoms with Crippen molar-refractivity contribution in [1.82, 2.24) is 0 Å². The topological polar surface area (TPSA) is 35.5 Å². The van der Waals surface area contributed by atoms with Gasteiger partial charge in [0.1, 0.15) is 13.3 Å². The Morgan fingerprint density at radius 2 is 2.07 bits per heavy atom. The van der Waals surface area contributed by atoms with E-state index >= 15 is 0 Å². The average Bonchev–Trinajstić information content (AvgIpc) is 2.15. The highest BCUT2D eigenvalue weighted by atomic mass is 19.1. The third-order valence-electron chi connectivity index (χ3n) is 1.36. The van der Waals surface area contributed by atoms with E-state index in [0.29, 0.717) is 19.1 Å². The lowest BCUT2D eigenvalue weighted by atomic mass is 10.2. The summed E-state index contributed by atoms with van der Waals surface area (Å²) >= 11 is 0. The molecule has 0 amide bonds. The van der Waals surface area contributed by atoms with Crippen molar-refractivity contribution in [3.05, 3.63) is 12.2 Å². The highest BCUT2D eigenvalue weighted by molar-refractivity contribution is 5.87. The second-order valence-electron chi connectivity index (χ2n) is 3.34. The molecule has 0 aliphatic rings. The van der Waals surface area contributed by atoms with Gasteiger partial charge in [-0.05, 0) is 5.92 Å². The molecule has 0 aliphatic heterocycles. The molecule has 0 bridgehead atoms. The summed E-state index contributed by atoms with van der Waals surface area (Å²) < 4.78 is 21.7. The number of halogens is 1. The molecule has 0 rings (SSSR count). The quantitative estimate of drug-likeness (QED) is 0.360. The van der Waals surface area contributed by atoms with E-state index in [9.17, 15) is 9.18 Å². The van der Waals surface area contributed by atoms with Gasteiger partial charge in [-0.2, -0.15) is 0 Å². The van der Waals surface area contributed by atoms with E-state index in [4.69, 9.17) is 4.74 Å². The van der Waals surface area contributed by atoms with Crippen LogP contribution >= 0.6 is 0 Å². The Hall–Kier alpha value is -0.900. The second-order valence-corrected chi connectivity index (χ2v) is 3.34. The van der Waals surface area contributed by atoms with Crippen LogP contribution in [0.4, 0.5) is 4.39 Å². The maximum atomic E-state index is 11.9. The van der Waals surface area contributed by atoms with Crippen LogP contribution in [0.1, 0.15) is 13.8 Å². The number of rotatable bonds is 7. The molecule has 4 heteroatoms. The van der Waals surface area contributed by atoms with Crippen LogP contribution in [0, 0.1) is 5.92 Å². The van der Waals surface area contributed by atoms with Gasteiger partial charge in [-0.3, -0.25) is 0 Å². The number of carbonyl (C=O) groups excluding carboxylic acids is 1. The van der Waals surface area contributed by atoms with Crippen LogP contribution in [-0.4, -0.2) is 32.5 Å². The number of ether oxygens (including phenoxy) is 2. The zero-order valence-corrected chi connectivity index (χ0v) is 8.72. The van der Waals surface area contributed by atoms with E-state index in [2.05, 4.69) is 11.3 Å². The van der Waals surface area contributed by atoms with Gasteiger partial charge in [-0.25, -0.2) is 9.18 Å². The Kier molecular flexibility index (Phi) is 7.02. The zero-order valence-electron chi connectivity index (χ0n) is 8.72. The number of esters is 1. The predicted octanol–water partition coefficient (Wildman–Crippen LogP) is 1.73. The van der Waals surface area contributed by atoms with Crippen LogP contribution in [0.2, 0.25) is 0 Å². The lowest BCUT2D eigenvalue weighted by molar-refractivity contribution is -0.140. The van der Waals surface area contributed by atoms with Crippen molar-refractivity contribution in [1.29, 1.82) is 0 Å². The fourth-order valence-electron chi connectivity index (χ4n) is 0.669. The fourth-order valence-corrected chi connectivity index (χ4v) is 0.669. The first-order valence-corrected chi connectivity index (χ1v) is 4.56. The highest BCUT2D eigenvalue weighted by Crippen LogP contribution is 1.96. The number of alkyl halides is 1. The van der Waals surface area contributed by atoms with Crippen LogP contribution in [0.25, 0.3) is 0 Å². The molecule has 82 valence electrons. The molecule has 0 unspecified atom stereocenters. The van der Waals surface area contributed by atoms with Gasteiger partial charge >= 0.3 is 5.97 Å². The minimum Gasteiger partial charge on any atom is -0.460 e. The van der Waals surface area contributed by atoms with Crippen molar-refractivity contribution in [3.63, 3.8) is 0 Å². The summed E-state index contributed by atoms with van der Waals surface area (Å²) in [7, 11) is 0. The fraction of sp³-hybridized carbons (Fsp3) is 0.700. The standard InChI is InChI=1S/C10H17FO3/c1-8(2)7-13-4-5-14-10(12)9(3)6-11/h8H,3-7H2,1-2H3. The molecular weight excluding hydrogens is 187 g/mol. The van der Waals surface area contributed by atoms with Gasteiger partial charge in [-0.1, -0.05) is 20.4 Å². The molecule has 0 heterocycles. The van der Waals surface area contributed by atoms with Gasteiger partial charge in [0.25, 0.3) is 0 Å². The summed E-state index contributed by atoms with van der Waals surface area (Å²) in [5.74, 6) is -0.243. The first kappa shape index (κ1) is 13.1. The molecule has 0 aliphatic carbocycles. The van der Waals surface area contributed by atoms with Gasteiger partial charge in [-0.15, -0.1) is 0 Å². The molecule has 0 saturated carbocycles. The monoisotopic (exact) mass is 204 g/mol. The Bertz CT molecular complexity index is 190. The maximum Gasteiger partial charge on any atom is 0.336 e. The number of carbonyl (C=O) groups is 1. The SMILES string of the molecule is C=C(CF)C(=O)OCCOCC(C)C. The summed E-state index contributed by atoms with van der Waals surface area (Å²) in [5.41, 5.74) is -0.158. The van der Waals surface area contributed by atoms with E-state index in [1.165, 1.54) is 0 Å². The van der Waals surface area contributed by atoms with Crippen molar-refractivity contribution in [2.75, 3.05) is 26.5 Å². The largest absolute Gasteiger partial charge is 0.460 e. The summed E-state index contributed by atoms with van der Waals surface area (Å²) in [5, 5.41) is 0. The van der Waals surface area contributed by atoms with Crippen LogP contribution in [0.3, 0.4) is 0 Å². The molecule has 0 aromatic rings. The molecule has 0 aromatic carbocycles. The van der Waals surface area contributed by atoms with E-state index in [0.717, 1.165) is 0 Å². The zero-order chi connectivity index (χ0) is 11.0. The Labute approximate surface area is 83.9 Å². The highest BCUT2D eigenvalue weighted by Gasteiger charge is 2.06. The predicted molar refractivity (Wildman–Crippen MR) is 51.7 cm³/mol. The molecule has 0 N–H and O–H groups in total. The minimum absolute atomic E-state index is 0.143. The molecule has 0 fully saturated rings. The third kappa shape index (κ3) is 6.60. The van der Waals surface area contributed by atoms with Crippen LogP contribution in [0.15, 0.2) is 12.2 Å². The van der Waals surface area contributed by atoms with Gasteiger partial charge in [0, 0.05) is 6.61 Å². The molecule has 0 aromatic heterocycles. The summed E-state index contributed by atoms with van der Waals surface area (Å²) in [6, 6.07) is 0. The maximum absolute atomic E-state index is 11.9. The Morgan fingerprint density at radius 3 is 2.57 bits per heavy atom. The average molecular weight is 204 g/mol. The van der Waals surface area contributed by atoms with Crippen LogP contribution < -0.4 is 0 Å². The van der Waals surface area contributed by atoms with Gasteiger partial charge in [0.05, 0.1) is 12.2 Å². The Balaban J connectivity index is 3.36. The van der Waals surface area contributed by atoms with Crippen molar-refractivity contribution in [2.24, 2.45) is 5.92 Å². The van der Waals surface area contributed by atoms with Gasteiger partial charge in [0.15, 0.2) is 0 Å². The minimum atomic E-state index is -0.869. The van der Waals surface area contributed by atoms with Crippen molar-refractivity contribution in [3.8, 4) is 0 Å². The third-order valence-corrected chi connectivity index (χ3v) is 1.36. The van der Waals surface area contributed by atoms with Crippen molar-refractivity contribution < 1.29 is 18.7 Å². The van der Waals surface area contributed by atoms with E-state index < -0.39 is 12.6 Å². The lowest BCUT2D eigenvalue weighted by Crippen LogP contribution is -2.14. The first-order valence-electron chi connectivity index (χ1n) is 4.56. The van der Waals surface area contributed by atoms with E-state index in [-0.39, 0.29) is 12.2 Å². The molecule has 0 atom stereocenters. The number of hydrogen-bond acceptors (Lipinski definition) is 3. The Morgan fingerprint density at radius 1 is 1.43 bits per heavy atom. The number of hydrogen-bond donors (Lipinski definition) is 0. The molecular formula is C10H17FO3. The summed E-state index contributed by atoms with van der Waals surface area (Å²) in [4.78, 5) is 10.9. The smallest absolute Gasteiger partial charge is 0.336 e. The van der Waals surface area contributed by atoms with Crippen LogP contribution in [0.5, 0.6) is 0 Å². The van der Waals surface area contributed by atoms with Crippen molar-refractivity contribution >= 4 is 5.97 Å². The molecule has 14 heavy (non-hydrogen) atoms. The van der Waals surface area contributed by atoms with Gasteiger partial charge in [0.2, 0.25) is 0 Å². The molecule has 3 nitrogen and oxygen atoms in total. The second kappa shape index (κ2) is 7.50. The van der Waals surface area contributed by atoms with E-state index in [1.54, 1.807) is 0 Å². The molecule has 0 saturated heterocycles. The van der Waals surface area contributed by atoms with Crippen molar-refractivity contribution in [2.45, 2.75) is 13.8 Å². The van der Waals surface area contributed by atoms with E-state index in [1.807, 2.05) is 13.8 Å². The first-order chi connectivity index (χ1) is 6.57. The summed E-state index contributed by atoms with van der Waals surface area (Å²) in [6.45, 7) is 7.50. The lowest BCUT2D eigenvalue weighted by Gasteiger charge is -2.07. The summed E-state index contributed by atoms with van der Waals surface area (Å²) in [6.07, 6.45) is 0. The molecule has 0 spiro atoms.